The van der Waals surface area contributed by atoms with E-state index in [0.29, 0.717) is 12.0 Å². The average Bonchev–Trinajstić information content (AvgIpc) is 3.60. The SMILES string of the molecule is Cc1ncc(-c2ccnc(Nc3ccc(CN4CCCN(C5CC5)CC4)cc3)n2)n1C(C)C. The molecule has 1 aliphatic carbocycles. The Morgan fingerprint density at radius 2 is 1.82 bits per heavy atom. The summed E-state index contributed by atoms with van der Waals surface area (Å²) >= 11 is 0. The molecule has 0 spiro atoms. The Morgan fingerprint density at radius 3 is 2.58 bits per heavy atom. The van der Waals surface area contributed by atoms with E-state index in [9.17, 15) is 0 Å². The Balaban J connectivity index is 1.22. The van der Waals surface area contributed by atoms with E-state index in [0.717, 1.165) is 35.5 Å². The second-order valence-electron chi connectivity index (χ2n) is 9.64. The molecule has 2 fully saturated rings. The number of imidazole rings is 1. The number of benzene rings is 1. The van der Waals surface area contributed by atoms with Gasteiger partial charge in [0.15, 0.2) is 0 Å². The maximum absolute atomic E-state index is 4.75. The van der Waals surface area contributed by atoms with Crippen LogP contribution in [0.4, 0.5) is 11.6 Å². The van der Waals surface area contributed by atoms with E-state index < -0.39 is 0 Å². The van der Waals surface area contributed by atoms with Gasteiger partial charge in [0, 0.05) is 43.6 Å². The van der Waals surface area contributed by atoms with Gasteiger partial charge in [0.1, 0.15) is 5.82 Å². The summed E-state index contributed by atoms with van der Waals surface area (Å²) in [6.07, 6.45) is 7.78. The van der Waals surface area contributed by atoms with Gasteiger partial charge in [-0.15, -0.1) is 0 Å². The van der Waals surface area contributed by atoms with Crippen LogP contribution in [0.1, 0.15) is 50.5 Å². The topological polar surface area (TPSA) is 62.1 Å². The summed E-state index contributed by atoms with van der Waals surface area (Å²) in [7, 11) is 0. The van der Waals surface area contributed by atoms with Gasteiger partial charge in [-0.25, -0.2) is 15.0 Å². The smallest absolute Gasteiger partial charge is 0.227 e. The lowest BCUT2D eigenvalue weighted by Gasteiger charge is -2.21. The van der Waals surface area contributed by atoms with Crippen molar-refractivity contribution in [1.29, 1.82) is 0 Å². The second-order valence-corrected chi connectivity index (χ2v) is 9.64. The number of nitrogens with zero attached hydrogens (tertiary/aromatic N) is 6. The number of rotatable bonds is 7. The van der Waals surface area contributed by atoms with Crippen LogP contribution in [-0.4, -0.2) is 61.5 Å². The quantitative estimate of drug-likeness (QED) is 0.572. The maximum atomic E-state index is 4.75. The van der Waals surface area contributed by atoms with E-state index >= 15 is 0 Å². The summed E-state index contributed by atoms with van der Waals surface area (Å²) in [5.74, 6) is 1.59. The van der Waals surface area contributed by atoms with Gasteiger partial charge >= 0.3 is 0 Å². The molecule has 3 heterocycles. The molecule has 1 N–H and O–H groups in total. The zero-order valence-corrected chi connectivity index (χ0v) is 20.0. The Bertz CT molecular complexity index is 1070. The summed E-state index contributed by atoms with van der Waals surface area (Å²) in [5, 5.41) is 3.36. The van der Waals surface area contributed by atoms with E-state index in [1.165, 1.54) is 51.0 Å². The molecule has 1 saturated carbocycles. The standard InChI is InChI=1S/C26H35N7/c1-19(2)33-20(3)28-17-25(33)24-11-12-27-26(30-24)29-22-7-5-21(6-8-22)18-31-13-4-14-32(16-15-31)23-9-10-23/h5-8,11-12,17,19,23H,4,9-10,13-16,18H2,1-3H3,(H,27,29,30). The number of anilines is 2. The van der Waals surface area contributed by atoms with E-state index in [4.69, 9.17) is 4.98 Å². The number of hydrogen-bond acceptors (Lipinski definition) is 6. The van der Waals surface area contributed by atoms with Crippen molar-refractivity contribution >= 4 is 11.6 Å². The lowest BCUT2D eigenvalue weighted by Crippen LogP contribution is -2.31. The molecule has 5 rings (SSSR count). The Kier molecular flexibility index (Phi) is 6.42. The fourth-order valence-electron chi connectivity index (χ4n) is 4.89. The first-order chi connectivity index (χ1) is 16.1. The summed E-state index contributed by atoms with van der Waals surface area (Å²) in [5.41, 5.74) is 4.24. The van der Waals surface area contributed by atoms with Gasteiger partial charge in [0.2, 0.25) is 5.95 Å². The molecule has 3 aromatic rings. The second kappa shape index (κ2) is 9.61. The minimum absolute atomic E-state index is 0.322. The van der Waals surface area contributed by atoms with Crippen LogP contribution in [0.3, 0.4) is 0 Å². The number of aromatic nitrogens is 4. The van der Waals surface area contributed by atoms with Gasteiger partial charge in [0.25, 0.3) is 0 Å². The van der Waals surface area contributed by atoms with Gasteiger partial charge in [-0.3, -0.25) is 9.80 Å². The van der Waals surface area contributed by atoms with Crippen molar-refractivity contribution in [3.63, 3.8) is 0 Å². The highest BCUT2D eigenvalue weighted by molar-refractivity contribution is 5.59. The molecule has 1 saturated heterocycles. The number of hydrogen-bond donors (Lipinski definition) is 1. The number of nitrogens with one attached hydrogen (secondary N) is 1. The maximum Gasteiger partial charge on any atom is 0.227 e. The average molecular weight is 446 g/mol. The first kappa shape index (κ1) is 22.0. The van der Waals surface area contributed by atoms with Crippen molar-refractivity contribution < 1.29 is 0 Å². The van der Waals surface area contributed by atoms with Crippen LogP contribution >= 0.6 is 0 Å². The van der Waals surface area contributed by atoms with Gasteiger partial charge in [0.05, 0.1) is 17.6 Å². The molecule has 0 amide bonds. The monoisotopic (exact) mass is 445 g/mol. The highest BCUT2D eigenvalue weighted by Gasteiger charge is 2.29. The minimum atomic E-state index is 0.322. The van der Waals surface area contributed by atoms with E-state index in [-0.39, 0.29) is 0 Å². The molecular formula is C26H35N7. The predicted octanol–water partition coefficient (Wildman–Crippen LogP) is 4.64. The third kappa shape index (κ3) is 5.25. The first-order valence-corrected chi connectivity index (χ1v) is 12.3. The first-order valence-electron chi connectivity index (χ1n) is 12.3. The molecule has 0 bridgehead atoms. The van der Waals surface area contributed by atoms with E-state index in [1.807, 2.05) is 19.2 Å². The van der Waals surface area contributed by atoms with Gasteiger partial charge in [-0.2, -0.15) is 0 Å². The Hall–Kier alpha value is -2.77. The molecule has 2 aliphatic rings. The molecule has 7 nitrogen and oxygen atoms in total. The summed E-state index contributed by atoms with van der Waals surface area (Å²) in [6, 6.07) is 11.8. The zero-order chi connectivity index (χ0) is 22.8. The molecule has 174 valence electrons. The van der Waals surface area contributed by atoms with Gasteiger partial charge < -0.3 is 9.88 Å². The summed E-state index contributed by atoms with van der Waals surface area (Å²) < 4.78 is 2.20. The van der Waals surface area contributed by atoms with Crippen molar-refractivity contribution in [2.24, 2.45) is 0 Å². The van der Waals surface area contributed by atoms with Gasteiger partial charge in [-0.05, 0) is 76.9 Å². The van der Waals surface area contributed by atoms with Crippen LogP contribution in [-0.2, 0) is 6.54 Å². The molecule has 0 unspecified atom stereocenters. The van der Waals surface area contributed by atoms with Crippen molar-refractivity contribution in [2.75, 3.05) is 31.5 Å². The minimum Gasteiger partial charge on any atom is -0.324 e. The molecular weight excluding hydrogens is 410 g/mol. The highest BCUT2D eigenvalue weighted by atomic mass is 15.2. The normalized spacial score (nSPS) is 17.9. The van der Waals surface area contributed by atoms with Crippen molar-refractivity contribution in [1.82, 2.24) is 29.3 Å². The zero-order valence-electron chi connectivity index (χ0n) is 20.0. The Labute approximate surface area is 196 Å². The lowest BCUT2D eigenvalue weighted by atomic mass is 10.2. The van der Waals surface area contributed by atoms with Crippen molar-refractivity contribution in [3.05, 3.63) is 54.1 Å². The largest absolute Gasteiger partial charge is 0.324 e. The Morgan fingerprint density at radius 1 is 1.00 bits per heavy atom. The van der Waals surface area contributed by atoms with Crippen LogP contribution < -0.4 is 5.32 Å². The van der Waals surface area contributed by atoms with Crippen LogP contribution in [0.15, 0.2) is 42.7 Å². The number of aryl methyl sites for hydroxylation is 1. The molecule has 7 heteroatoms. The summed E-state index contributed by atoms with van der Waals surface area (Å²) in [6.45, 7) is 12.2. The fourth-order valence-corrected chi connectivity index (χ4v) is 4.89. The van der Waals surface area contributed by atoms with E-state index in [2.05, 4.69) is 67.8 Å². The lowest BCUT2D eigenvalue weighted by molar-refractivity contribution is 0.246. The van der Waals surface area contributed by atoms with Crippen LogP contribution in [0.5, 0.6) is 0 Å². The van der Waals surface area contributed by atoms with Crippen molar-refractivity contribution in [3.8, 4) is 11.4 Å². The molecule has 0 atom stereocenters. The van der Waals surface area contributed by atoms with Crippen LogP contribution in [0.25, 0.3) is 11.4 Å². The molecule has 33 heavy (non-hydrogen) atoms. The molecule has 1 aromatic carbocycles. The summed E-state index contributed by atoms with van der Waals surface area (Å²) in [4.78, 5) is 18.9. The molecule has 0 radical (unpaired) electrons. The molecule has 2 aromatic heterocycles. The molecule has 1 aliphatic heterocycles. The third-order valence-electron chi connectivity index (χ3n) is 6.72. The predicted molar refractivity (Wildman–Crippen MR) is 133 cm³/mol. The van der Waals surface area contributed by atoms with Gasteiger partial charge in [-0.1, -0.05) is 12.1 Å². The third-order valence-corrected chi connectivity index (χ3v) is 6.72. The van der Waals surface area contributed by atoms with Crippen molar-refractivity contribution in [2.45, 2.75) is 58.7 Å². The van der Waals surface area contributed by atoms with E-state index in [1.54, 1.807) is 6.20 Å². The van der Waals surface area contributed by atoms with Crippen LogP contribution in [0, 0.1) is 6.92 Å². The van der Waals surface area contributed by atoms with Crippen LogP contribution in [0.2, 0.25) is 0 Å². The highest BCUT2D eigenvalue weighted by Crippen LogP contribution is 2.28. The fraction of sp³-hybridized carbons (Fsp3) is 0.500.